The molecule has 0 saturated carbocycles. The molecule has 2 rings (SSSR count). The standard InChI is InChI=1S/C17H24ClNO/c1-16(2,11-17(3,4)18)15(20)19-14-9-8-12-6-5-7-13(12)10-14/h8-10H,5-7,11H2,1-4H3,(H,19,20). The van der Waals surface area contributed by atoms with Crippen LogP contribution in [0.1, 0.15) is 51.7 Å². The molecule has 1 aromatic rings. The molecule has 0 heterocycles. The van der Waals surface area contributed by atoms with Crippen LogP contribution in [0.4, 0.5) is 5.69 Å². The third kappa shape index (κ3) is 3.76. The van der Waals surface area contributed by atoms with Crippen LogP contribution in [0.3, 0.4) is 0 Å². The summed E-state index contributed by atoms with van der Waals surface area (Å²) in [5.74, 6) is 0.0316. The van der Waals surface area contributed by atoms with Gasteiger partial charge in [-0.15, -0.1) is 11.6 Å². The average Bonchev–Trinajstić information content (AvgIpc) is 2.72. The summed E-state index contributed by atoms with van der Waals surface area (Å²) in [6.07, 6.45) is 4.14. The van der Waals surface area contributed by atoms with Crippen LogP contribution in [-0.4, -0.2) is 10.8 Å². The monoisotopic (exact) mass is 293 g/mol. The Hall–Kier alpha value is -1.02. The maximum absolute atomic E-state index is 12.4. The van der Waals surface area contributed by atoms with E-state index in [0.717, 1.165) is 18.5 Å². The highest BCUT2D eigenvalue weighted by molar-refractivity contribution is 6.23. The average molecular weight is 294 g/mol. The molecule has 0 bridgehead atoms. The molecule has 1 aromatic carbocycles. The van der Waals surface area contributed by atoms with E-state index in [1.165, 1.54) is 17.5 Å². The van der Waals surface area contributed by atoms with Crippen molar-refractivity contribution in [3.05, 3.63) is 29.3 Å². The lowest BCUT2D eigenvalue weighted by molar-refractivity contribution is -0.124. The zero-order valence-corrected chi connectivity index (χ0v) is 13.6. The molecule has 1 aliphatic carbocycles. The lowest BCUT2D eigenvalue weighted by atomic mass is 9.82. The topological polar surface area (TPSA) is 29.1 Å². The van der Waals surface area contributed by atoms with E-state index < -0.39 is 5.41 Å². The largest absolute Gasteiger partial charge is 0.326 e. The fourth-order valence-electron chi connectivity index (χ4n) is 3.08. The summed E-state index contributed by atoms with van der Waals surface area (Å²) in [6.45, 7) is 7.78. The van der Waals surface area contributed by atoms with Gasteiger partial charge in [0, 0.05) is 16.0 Å². The first-order chi connectivity index (χ1) is 9.17. The first-order valence-electron chi connectivity index (χ1n) is 7.30. The molecule has 110 valence electrons. The molecule has 0 aliphatic heterocycles. The minimum absolute atomic E-state index is 0.0316. The van der Waals surface area contributed by atoms with Gasteiger partial charge in [-0.3, -0.25) is 4.79 Å². The van der Waals surface area contributed by atoms with Crippen molar-refractivity contribution in [2.45, 2.75) is 58.3 Å². The molecular formula is C17H24ClNO. The number of rotatable bonds is 4. The number of carbonyl (C=O) groups excluding carboxylic acids is 1. The zero-order valence-electron chi connectivity index (χ0n) is 12.8. The first kappa shape index (κ1) is 15.4. The summed E-state index contributed by atoms with van der Waals surface area (Å²) >= 11 is 6.26. The summed E-state index contributed by atoms with van der Waals surface area (Å²) in [5.41, 5.74) is 3.21. The second kappa shape index (κ2) is 5.40. The fraction of sp³-hybridized carbons (Fsp3) is 0.588. The number of aryl methyl sites for hydroxylation is 2. The van der Waals surface area contributed by atoms with Crippen LogP contribution in [0.5, 0.6) is 0 Å². The van der Waals surface area contributed by atoms with Gasteiger partial charge in [-0.2, -0.15) is 0 Å². The molecular weight excluding hydrogens is 270 g/mol. The number of halogens is 1. The van der Waals surface area contributed by atoms with Crippen molar-refractivity contribution in [1.29, 1.82) is 0 Å². The van der Waals surface area contributed by atoms with Gasteiger partial charge in [0.25, 0.3) is 0 Å². The van der Waals surface area contributed by atoms with Crippen LogP contribution in [0.2, 0.25) is 0 Å². The molecule has 0 atom stereocenters. The maximum Gasteiger partial charge on any atom is 0.230 e. The molecule has 20 heavy (non-hydrogen) atoms. The Morgan fingerprint density at radius 2 is 1.85 bits per heavy atom. The quantitative estimate of drug-likeness (QED) is 0.811. The summed E-state index contributed by atoms with van der Waals surface area (Å²) in [6, 6.07) is 6.25. The number of anilines is 1. The minimum Gasteiger partial charge on any atom is -0.326 e. The number of carbonyl (C=O) groups is 1. The van der Waals surface area contributed by atoms with Crippen molar-refractivity contribution in [2.75, 3.05) is 5.32 Å². The highest BCUT2D eigenvalue weighted by Gasteiger charge is 2.33. The van der Waals surface area contributed by atoms with Gasteiger partial charge in [0.05, 0.1) is 0 Å². The predicted octanol–water partition coefficient (Wildman–Crippen LogP) is 4.55. The molecule has 3 heteroatoms. The third-order valence-electron chi connectivity index (χ3n) is 3.83. The van der Waals surface area contributed by atoms with Crippen LogP contribution in [-0.2, 0) is 17.6 Å². The van der Waals surface area contributed by atoms with E-state index >= 15 is 0 Å². The van der Waals surface area contributed by atoms with E-state index in [9.17, 15) is 4.79 Å². The molecule has 0 saturated heterocycles. The zero-order chi connectivity index (χ0) is 15.0. The predicted molar refractivity (Wildman–Crippen MR) is 85.4 cm³/mol. The van der Waals surface area contributed by atoms with E-state index in [1.54, 1.807) is 0 Å². The van der Waals surface area contributed by atoms with Gasteiger partial charge in [0.1, 0.15) is 0 Å². The van der Waals surface area contributed by atoms with Gasteiger partial charge in [-0.1, -0.05) is 19.9 Å². The summed E-state index contributed by atoms with van der Waals surface area (Å²) in [4.78, 5) is 12.1. The van der Waals surface area contributed by atoms with Gasteiger partial charge < -0.3 is 5.32 Å². The third-order valence-corrected chi connectivity index (χ3v) is 3.97. The Balaban J connectivity index is 2.07. The van der Waals surface area contributed by atoms with Crippen molar-refractivity contribution < 1.29 is 4.79 Å². The lowest BCUT2D eigenvalue weighted by Crippen LogP contribution is -2.35. The first-order valence-corrected chi connectivity index (χ1v) is 7.67. The van der Waals surface area contributed by atoms with Gasteiger partial charge >= 0.3 is 0 Å². The number of amides is 1. The number of benzene rings is 1. The van der Waals surface area contributed by atoms with Gasteiger partial charge in [0.15, 0.2) is 0 Å². The number of nitrogens with one attached hydrogen (secondary N) is 1. The highest BCUT2D eigenvalue weighted by Crippen LogP contribution is 2.33. The van der Waals surface area contributed by atoms with E-state index in [-0.39, 0.29) is 10.8 Å². The van der Waals surface area contributed by atoms with Gasteiger partial charge in [-0.25, -0.2) is 0 Å². The second-order valence-corrected chi connectivity index (χ2v) is 8.09. The van der Waals surface area contributed by atoms with Crippen molar-refractivity contribution in [2.24, 2.45) is 5.41 Å². The SMILES string of the molecule is CC(C)(Cl)CC(C)(C)C(=O)Nc1ccc2c(c1)CCC2. The van der Waals surface area contributed by atoms with Gasteiger partial charge in [-0.05, 0) is 62.8 Å². The van der Waals surface area contributed by atoms with Crippen LogP contribution >= 0.6 is 11.6 Å². The second-order valence-electron chi connectivity index (χ2n) is 7.07. The van der Waals surface area contributed by atoms with Crippen molar-refractivity contribution in [1.82, 2.24) is 0 Å². The van der Waals surface area contributed by atoms with E-state index in [4.69, 9.17) is 11.6 Å². The molecule has 1 amide bonds. The Morgan fingerprint density at radius 1 is 1.20 bits per heavy atom. The molecule has 0 fully saturated rings. The molecule has 2 nitrogen and oxygen atoms in total. The molecule has 0 aromatic heterocycles. The van der Waals surface area contributed by atoms with Crippen molar-refractivity contribution in [3.63, 3.8) is 0 Å². The van der Waals surface area contributed by atoms with E-state index in [2.05, 4.69) is 17.4 Å². The normalized spacial score (nSPS) is 15.1. The molecule has 0 spiro atoms. The Bertz CT molecular complexity index is 514. The van der Waals surface area contributed by atoms with Crippen molar-refractivity contribution >= 4 is 23.2 Å². The lowest BCUT2D eigenvalue weighted by Gasteiger charge is -2.29. The number of hydrogen-bond donors (Lipinski definition) is 1. The molecule has 1 aliphatic rings. The van der Waals surface area contributed by atoms with Gasteiger partial charge in [0.2, 0.25) is 5.91 Å². The number of alkyl halides is 1. The maximum atomic E-state index is 12.4. The highest BCUT2D eigenvalue weighted by atomic mass is 35.5. The molecule has 0 radical (unpaired) electrons. The van der Waals surface area contributed by atoms with Crippen LogP contribution < -0.4 is 5.32 Å². The Labute approximate surface area is 126 Å². The smallest absolute Gasteiger partial charge is 0.230 e. The summed E-state index contributed by atoms with van der Waals surface area (Å²) in [7, 11) is 0. The Kier molecular flexibility index (Phi) is 4.15. The van der Waals surface area contributed by atoms with E-state index in [0.29, 0.717) is 6.42 Å². The van der Waals surface area contributed by atoms with Crippen LogP contribution in [0.25, 0.3) is 0 Å². The molecule has 1 N–H and O–H groups in total. The van der Waals surface area contributed by atoms with Crippen LogP contribution in [0.15, 0.2) is 18.2 Å². The summed E-state index contributed by atoms with van der Waals surface area (Å²) < 4.78 is 0. The number of hydrogen-bond acceptors (Lipinski definition) is 1. The number of fused-ring (bicyclic) bond motifs is 1. The van der Waals surface area contributed by atoms with Crippen molar-refractivity contribution in [3.8, 4) is 0 Å². The van der Waals surface area contributed by atoms with E-state index in [1.807, 2.05) is 33.8 Å². The fourth-order valence-corrected chi connectivity index (χ4v) is 3.42. The van der Waals surface area contributed by atoms with Crippen LogP contribution in [0, 0.1) is 5.41 Å². The molecule has 0 unspecified atom stereocenters. The summed E-state index contributed by atoms with van der Waals surface area (Å²) in [5, 5.41) is 3.04. The Morgan fingerprint density at radius 3 is 2.50 bits per heavy atom. The minimum atomic E-state index is -0.482.